The molecule has 0 aliphatic carbocycles. The summed E-state index contributed by atoms with van der Waals surface area (Å²) in [5.41, 5.74) is 4.50. The Morgan fingerprint density at radius 3 is 2.50 bits per heavy atom. The highest BCUT2D eigenvalue weighted by molar-refractivity contribution is 7.98. The first-order valence-corrected chi connectivity index (χ1v) is 9.38. The Bertz CT molecular complexity index is 1060. The molecule has 130 valence electrons. The van der Waals surface area contributed by atoms with Crippen molar-refractivity contribution in [2.75, 3.05) is 25.3 Å². The molecule has 7 heteroatoms. The SMILES string of the molecule is CSc1nccc(-c2c(-c3ccccc3)nc3c(N(C)C)nccn23)n1. The molecule has 3 aromatic heterocycles. The first kappa shape index (κ1) is 16.5. The van der Waals surface area contributed by atoms with Crippen LogP contribution in [0.15, 0.2) is 60.1 Å². The van der Waals surface area contributed by atoms with Crippen LogP contribution in [-0.2, 0) is 0 Å². The van der Waals surface area contributed by atoms with Crippen LogP contribution in [-0.4, -0.2) is 44.7 Å². The third-order valence-electron chi connectivity index (χ3n) is 4.05. The van der Waals surface area contributed by atoms with E-state index < -0.39 is 0 Å². The van der Waals surface area contributed by atoms with Gasteiger partial charge in [-0.15, -0.1) is 0 Å². The quantitative estimate of drug-likeness (QED) is 0.408. The lowest BCUT2D eigenvalue weighted by Gasteiger charge is -2.12. The van der Waals surface area contributed by atoms with Crippen LogP contribution in [0.3, 0.4) is 0 Å². The first-order chi connectivity index (χ1) is 12.7. The normalized spacial score (nSPS) is 11.0. The number of anilines is 1. The van der Waals surface area contributed by atoms with Crippen molar-refractivity contribution in [3.63, 3.8) is 0 Å². The van der Waals surface area contributed by atoms with Gasteiger partial charge < -0.3 is 4.90 Å². The zero-order valence-corrected chi connectivity index (χ0v) is 15.6. The second-order valence-corrected chi connectivity index (χ2v) is 6.72. The van der Waals surface area contributed by atoms with Crippen molar-refractivity contribution in [1.29, 1.82) is 0 Å². The van der Waals surface area contributed by atoms with Crippen LogP contribution in [0.5, 0.6) is 0 Å². The molecule has 0 atom stereocenters. The Kier molecular flexibility index (Phi) is 4.30. The molecule has 0 bridgehead atoms. The maximum absolute atomic E-state index is 4.93. The minimum Gasteiger partial charge on any atom is -0.360 e. The molecule has 4 rings (SSSR count). The number of thioether (sulfide) groups is 1. The summed E-state index contributed by atoms with van der Waals surface area (Å²) in [6.45, 7) is 0. The second-order valence-electron chi connectivity index (χ2n) is 5.94. The van der Waals surface area contributed by atoms with Crippen molar-refractivity contribution < 1.29 is 0 Å². The van der Waals surface area contributed by atoms with Gasteiger partial charge in [0.15, 0.2) is 16.6 Å². The zero-order valence-electron chi connectivity index (χ0n) is 14.8. The van der Waals surface area contributed by atoms with Crippen LogP contribution < -0.4 is 4.90 Å². The van der Waals surface area contributed by atoms with E-state index in [-0.39, 0.29) is 0 Å². The van der Waals surface area contributed by atoms with Gasteiger partial charge >= 0.3 is 0 Å². The monoisotopic (exact) mass is 362 g/mol. The Balaban J connectivity index is 2.07. The van der Waals surface area contributed by atoms with Gasteiger partial charge in [0.1, 0.15) is 0 Å². The van der Waals surface area contributed by atoms with Crippen molar-refractivity contribution >= 4 is 23.2 Å². The molecule has 0 fully saturated rings. The van der Waals surface area contributed by atoms with E-state index in [2.05, 4.69) is 26.5 Å². The fraction of sp³-hybridized carbons (Fsp3) is 0.158. The zero-order chi connectivity index (χ0) is 18.1. The van der Waals surface area contributed by atoms with Gasteiger partial charge in [0.2, 0.25) is 0 Å². The van der Waals surface area contributed by atoms with Gasteiger partial charge in [-0.2, -0.15) is 0 Å². The Labute approximate surface area is 156 Å². The molecule has 3 heterocycles. The lowest BCUT2D eigenvalue weighted by atomic mass is 10.1. The molecule has 0 radical (unpaired) electrons. The van der Waals surface area contributed by atoms with Crippen molar-refractivity contribution in [2.45, 2.75) is 5.16 Å². The van der Waals surface area contributed by atoms with Gasteiger partial charge in [0, 0.05) is 38.2 Å². The van der Waals surface area contributed by atoms with E-state index >= 15 is 0 Å². The Morgan fingerprint density at radius 1 is 0.962 bits per heavy atom. The number of fused-ring (bicyclic) bond motifs is 1. The fourth-order valence-corrected chi connectivity index (χ4v) is 3.25. The Hall–Kier alpha value is -2.93. The molecule has 0 amide bonds. The summed E-state index contributed by atoms with van der Waals surface area (Å²) in [5, 5.41) is 0.735. The van der Waals surface area contributed by atoms with Crippen LogP contribution in [0, 0.1) is 0 Å². The summed E-state index contributed by atoms with van der Waals surface area (Å²) in [7, 11) is 3.94. The molecule has 4 aromatic rings. The summed E-state index contributed by atoms with van der Waals surface area (Å²) >= 11 is 1.52. The standard InChI is InChI=1S/C19H18N6S/c1-24(2)17-18-23-15(13-7-5-4-6-8-13)16(25(18)12-11-20-17)14-9-10-21-19(22-14)26-3/h4-12H,1-3H3. The number of rotatable bonds is 4. The first-order valence-electron chi connectivity index (χ1n) is 8.16. The second kappa shape index (κ2) is 6.76. The van der Waals surface area contributed by atoms with E-state index in [1.807, 2.05) is 55.7 Å². The van der Waals surface area contributed by atoms with Gasteiger partial charge in [-0.3, -0.25) is 4.40 Å². The Morgan fingerprint density at radius 2 is 1.77 bits per heavy atom. The lowest BCUT2D eigenvalue weighted by molar-refractivity contribution is 0.965. The average Bonchev–Trinajstić information content (AvgIpc) is 3.08. The summed E-state index contributed by atoms with van der Waals surface area (Å²) < 4.78 is 2.05. The molecule has 26 heavy (non-hydrogen) atoms. The molecule has 0 aliphatic rings. The minimum atomic E-state index is 0.735. The maximum atomic E-state index is 4.93. The number of hydrogen-bond acceptors (Lipinski definition) is 6. The van der Waals surface area contributed by atoms with E-state index in [9.17, 15) is 0 Å². The van der Waals surface area contributed by atoms with Crippen LogP contribution in [0.25, 0.3) is 28.3 Å². The lowest BCUT2D eigenvalue weighted by Crippen LogP contribution is -2.12. The molecule has 0 saturated carbocycles. The van der Waals surface area contributed by atoms with E-state index in [0.29, 0.717) is 0 Å². The molecule has 0 saturated heterocycles. The van der Waals surface area contributed by atoms with E-state index in [4.69, 9.17) is 9.97 Å². The minimum absolute atomic E-state index is 0.735. The molecule has 0 aliphatic heterocycles. The van der Waals surface area contributed by atoms with E-state index in [1.165, 1.54) is 11.8 Å². The van der Waals surface area contributed by atoms with Crippen molar-refractivity contribution in [3.05, 3.63) is 55.0 Å². The van der Waals surface area contributed by atoms with Crippen LogP contribution in [0.2, 0.25) is 0 Å². The van der Waals surface area contributed by atoms with Gasteiger partial charge in [-0.25, -0.2) is 19.9 Å². The number of aromatic nitrogens is 5. The van der Waals surface area contributed by atoms with Crippen LogP contribution in [0.4, 0.5) is 5.82 Å². The average molecular weight is 362 g/mol. The van der Waals surface area contributed by atoms with Gasteiger partial charge in [0.05, 0.1) is 17.1 Å². The van der Waals surface area contributed by atoms with Gasteiger partial charge in [0.25, 0.3) is 0 Å². The summed E-state index contributed by atoms with van der Waals surface area (Å²) in [5.74, 6) is 0.815. The summed E-state index contributed by atoms with van der Waals surface area (Å²) in [6, 6.07) is 12.1. The molecule has 0 unspecified atom stereocenters. The molecule has 0 N–H and O–H groups in total. The third kappa shape index (κ3) is 2.80. The van der Waals surface area contributed by atoms with Gasteiger partial charge in [-0.1, -0.05) is 42.1 Å². The number of hydrogen-bond donors (Lipinski definition) is 0. The molecule has 1 aromatic carbocycles. The third-order valence-corrected chi connectivity index (χ3v) is 4.62. The topological polar surface area (TPSA) is 59.2 Å². The van der Waals surface area contributed by atoms with Gasteiger partial charge in [-0.05, 0) is 12.3 Å². The molecular formula is C19H18N6S. The number of benzene rings is 1. The highest BCUT2D eigenvalue weighted by Gasteiger charge is 2.20. The van der Waals surface area contributed by atoms with Crippen LogP contribution in [0.1, 0.15) is 0 Å². The molecule has 6 nitrogen and oxygen atoms in total. The highest BCUT2D eigenvalue weighted by Crippen LogP contribution is 2.34. The molecule has 0 spiro atoms. The molecular weight excluding hydrogens is 344 g/mol. The van der Waals surface area contributed by atoms with Crippen molar-refractivity contribution in [2.24, 2.45) is 0 Å². The van der Waals surface area contributed by atoms with Crippen molar-refractivity contribution in [1.82, 2.24) is 24.3 Å². The fourth-order valence-electron chi connectivity index (χ4n) is 2.89. The van der Waals surface area contributed by atoms with E-state index in [0.717, 1.165) is 39.3 Å². The predicted octanol–water partition coefficient (Wildman–Crippen LogP) is 3.64. The summed E-state index contributed by atoms with van der Waals surface area (Å²) in [4.78, 5) is 20.4. The van der Waals surface area contributed by atoms with E-state index in [1.54, 1.807) is 12.4 Å². The maximum Gasteiger partial charge on any atom is 0.187 e. The van der Waals surface area contributed by atoms with Crippen molar-refractivity contribution in [3.8, 4) is 22.6 Å². The smallest absolute Gasteiger partial charge is 0.187 e. The highest BCUT2D eigenvalue weighted by atomic mass is 32.2. The number of nitrogens with zero attached hydrogens (tertiary/aromatic N) is 6. The largest absolute Gasteiger partial charge is 0.360 e. The van der Waals surface area contributed by atoms with Crippen LogP contribution >= 0.6 is 11.8 Å². The number of imidazole rings is 1. The predicted molar refractivity (Wildman–Crippen MR) is 106 cm³/mol. The summed E-state index contributed by atoms with van der Waals surface area (Å²) in [6.07, 6.45) is 7.48.